The number of rotatable bonds is 6. The summed E-state index contributed by atoms with van der Waals surface area (Å²) in [6.07, 6.45) is 1.97. The molecular formula is C12H17N3S2. The van der Waals surface area contributed by atoms with E-state index in [0.29, 0.717) is 0 Å². The van der Waals surface area contributed by atoms with Crippen LogP contribution in [0.4, 0.5) is 5.13 Å². The molecule has 0 atom stereocenters. The summed E-state index contributed by atoms with van der Waals surface area (Å²) in [5, 5.41) is 8.58. The highest BCUT2D eigenvalue weighted by Gasteiger charge is 2.05. The molecule has 92 valence electrons. The summed E-state index contributed by atoms with van der Waals surface area (Å²) in [5.41, 5.74) is 1.38. The Balaban J connectivity index is 1.86. The third-order valence-corrected chi connectivity index (χ3v) is 4.01. The number of nitrogens with zero attached hydrogens (tertiary/aromatic N) is 2. The summed E-state index contributed by atoms with van der Waals surface area (Å²) in [6, 6.07) is 2.18. The third-order valence-electron chi connectivity index (χ3n) is 2.34. The summed E-state index contributed by atoms with van der Waals surface area (Å²) in [4.78, 5) is 7.95. The maximum Gasteiger partial charge on any atom is 0.182 e. The Morgan fingerprint density at radius 2 is 2.29 bits per heavy atom. The van der Waals surface area contributed by atoms with Crippen molar-refractivity contribution in [3.8, 4) is 0 Å². The van der Waals surface area contributed by atoms with Crippen LogP contribution < -0.4 is 5.32 Å². The molecular weight excluding hydrogens is 250 g/mol. The number of thiazole rings is 1. The van der Waals surface area contributed by atoms with Crippen molar-refractivity contribution in [1.82, 2.24) is 9.88 Å². The zero-order valence-corrected chi connectivity index (χ0v) is 11.8. The van der Waals surface area contributed by atoms with Gasteiger partial charge in [0.15, 0.2) is 5.13 Å². The first-order chi connectivity index (χ1) is 8.28. The first-order valence-corrected chi connectivity index (χ1v) is 7.42. The van der Waals surface area contributed by atoms with E-state index in [4.69, 9.17) is 0 Å². The Bertz CT molecular complexity index is 436. The summed E-state index contributed by atoms with van der Waals surface area (Å²) in [5.74, 6) is 0. The zero-order valence-electron chi connectivity index (χ0n) is 10.1. The van der Waals surface area contributed by atoms with E-state index in [2.05, 4.69) is 46.0 Å². The van der Waals surface area contributed by atoms with E-state index in [-0.39, 0.29) is 0 Å². The van der Waals surface area contributed by atoms with Crippen LogP contribution in [0.1, 0.15) is 17.4 Å². The molecule has 0 aliphatic heterocycles. The quantitative estimate of drug-likeness (QED) is 0.870. The van der Waals surface area contributed by atoms with Crippen molar-refractivity contribution in [3.63, 3.8) is 0 Å². The summed E-state index contributed by atoms with van der Waals surface area (Å²) in [6.45, 7) is 4.97. The molecule has 0 spiro atoms. The molecule has 1 N–H and O–H groups in total. The van der Waals surface area contributed by atoms with Crippen LogP contribution in [-0.2, 0) is 13.1 Å². The lowest BCUT2D eigenvalue weighted by Crippen LogP contribution is -2.15. The van der Waals surface area contributed by atoms with Gasteiger partial charge in [-0.25, -0.2) is 4.98 Å². The number of hydrogen-bond acceptors (Lipinski definition) is 5. The van der Waals surface area contributed by atoms with E-state index < -0.39 is 0 Å². The predicted octanol–water partition coefficient (Wildman–Crippen LogP) is 3.27. The van der Waals surface area contributed by atoms with E-state index in [0.717, 1.165) is 24.8 Å². The fourth-order valence-electron chi connectivity index (χ4n) is 1.63. The van der Waals surface area contributed by atoms with Gasteiger partial charge >= 0.3 is 0 Å². The number of aromatic nitrogens is 1. The molecule has 3 nitrogen and oxygen atoms in total. The molecule has 0 saturated heterocycles. The van der Waals surface area contributed by atoms with Crippen LogP contribution in [-0.4, -0.2) is 23.5 Å². The predicted molar refractivity (Wildman–Crippen MR) is 75.8 cm³/mol. The van der Waals surface area contributed by atoms with Crippen LogP contribution in [0.15, 0.2) is 23.0 Å². The number of hydrogen-bond donors (Lipinski definition) is 1. The van der Waals surface area contributed by atoms with Gasteiger partial charge in [-0.15, -0.1) is 11.3 Å². The Labute approximate surface area is 110 Å². The van der Waals surface area contributed by atoms with E-state index in [1.54, 1.807) is 22.7 Å². The number of anilines is 1. The fourth-order valence-corrected chi connectivity index (χ4v) is 3.25. The molecule has 2 aromatic rings. The second-order valence-electron chi connectivity index (χ2n) is 3.97. The van der Waals surface area contributed by atoms with E-state index in [9.17, 15) is 0 Å². The highest BCUT2D eigenvalue weighted by atomic mass is 32.1. The van der Waals surface area contributed by atoms with E-state index in [1.807, 2.05) is 6.20 Å². The van der Waals surface area contributed by atoms with Crippen LogP contribution in [0.25, 0.3) is 0 Å². The van der Waals surface area contributed by atoms with Crippen molar-refractivity contribution in [2.45, 2.75) is 20.0 Å². The Morgan fingerprint density at radius 3 is 3.00 bits per heavy atom. The van der Waals surface area contributed by atoms with Crippen LogP contribution in [0.2, 0.25) is 0 Å². The zero-order chi connectivity index (χ0) is 12.1. The lowest BCUT2D eigenvalue weighted by molar-refractivity contribution is 0.322. The first-order valence-electron chi connectivity index (χ1n) is 5.66. The van der Waals surface area contributed by atoms with Crippen molar-refractivity contribution in [1.29, 1.82) is 0 Å². The number of nitrogens with one attached hydrogen (secondary N) is 1. The second kappa shape index (κ2) is 6.14. The molecule has 2 aromatic heterocycles. The molecule has 0 aliphatic rings. The molecule has 0 aromatic carbocycles. The van der Waals surface area contributed by atoms with Gasteiger partial charge in [0.1, 0.15) is 0 Å². The van der Waals surface area contributed by atoms with Crippen LogP contribution in [0.5, 0.6) is 0 Å². The van der Waals surface area contributed by atoms with Crippen molar-refractivity contribution < 1.29 is 0 Å². The first kappa shape index (κ1) is 12.5. The molecule has 0 saturated carbocycles. The van der Waals surface area contributed by atoms with Crippen molar-refractivity contribution >= 4 is 27.8 Å². The van der Waals surface area contributed by atoms with E-state index in [1.165, 1.54) is 10.4 Å². The molecule has 2 heterocycles. The summed E-state index contributed by atoms with van der Waals surface area (Å²) < 4.78 is 0. The van der Waals surface area contributed by atoms with Crippen LogP contribution in [0, 0.1) is 0 Å². The Morgan fingerprint density at radius 1 is 1.41 bits per heavy atom. The third kappa shape index (κ3) is 3.80. The lowest BCUT2D eigenvalue weighted by Gasteiger charge is -2.13. The standard InChI is InChI=1S/C12H17N3S2/c1-3-13-12-14-6-11(17-12)8-15(2)7-10-4-5-16-9-10/h4-6,9H,3,7-8H2,1-2H3,(H,13,14). The maximum atomic E-state index is 4.34. The van der Waals surface area contributed by atoms with Gasteiger partial charge in [-0.05, 0) is 36.4 Å². The molecule has 0 fully saturated rings. The average Bonchev–Trinajstić information content (AvgIpc) is 2.91. The second-order valence-corrected chi connectivity index (χ2v) is 5.86. The molecule has 17 heavy (non-hydrogen) atoms. The monoisotopic (exact) mass is 267 g/mol. The minimum absolute atomic E-state index is 0.928. The molecule has 5 heteroatoms. The Kier molecular flexibility index (Phi) is 4.53. The molecule has 0 aliphatic carbocycles. The van der Waals surface area contributed by atoms with E-state index >= 15 is 0 Å². The molecule has 2 rings (SSSR count). The molecule has 0 amide bonds. The molecule has 0 bridgehead atoms. The SMILES string of the molecule is CCNc1ncc(CN(C)Cc2ccsc2)s1. The van der Waals surface area contributed by atoms with Crippen molar-refractivity contribution in [3.05, 3.63) is 33.5 Å². The van der Waals surface area contributed by atoms with Gasteiger partial charge in [-0.1, -0.05) is 0 Å². The fraction of sp³-hybridized carbons (Fsp3) is 0.417. The topological polar surface area (TPSA) is 28.2 Å². The highest BCUT2D eigenvalue weighted by Crippen LogP contribution is 2.20. The van der Waals surface area contributed by atoms with Gasteiger partial charge < -0.3 is 5.32 Å². The van der Waals surface area contributed by atoms with Crippen LogP contribution in [0.3, 0.4) is 0 Å². The van der Waals surface area contributed by atoms with Gasteiger partial charge in [0.2, 0.25) is 0 Å². The van der Waals surface area contributed by atoms with Gasteiger partial charge in [-0.3, -0.25) is 4.90 Å². The largest absolute Gasteiger partial charge is 0.362 e. The Hall–Kier alpha value is -0.910. The highest BCUT2D eigenvalue weighted by molar-refractivity contribution is 7.15. The van der Waals surface area contributed by atoms with Crippen molar-refractivity contribution in [2.75, 3.05) is 18.9 Å². The maximum absolute atomic E-state index is 4.34. The van der Waals surface area contributed by atoms with Gasteiger partial charge in [0.05, 0.1) is 0 Å². The normalized spacial score (nSPS) is 11.0. The minimum atomic E-state index is 0.928. The molecule has 0 radical (unpaired) electrons. The lowest BCUT2D eigenvalue weighted by atomic mass is 10.3. The summed E-state index contributed by atoms with van der Waals surface area (Å²) in [7, 11) is 2.14. The van der Waals surface area contributed by atoms with Crippen LogP contribution >= 0.6 is 22.7 Å². The van der Waals surface area contributed by atoms with Gasteiger partial charge in [0, 0.05) is 30.7 Å². The number of thiophene rings is 1. The van der Waals surface area contributed by atoms with Crippen molar-refractivity contribution in [2.24, 2.45) is 0 Å². The van der Waals surface area contributed by atoms with Gasteiger partial charge in [-0.2, -0.15) is 11.3 Å². The van der Waals surface area contributed by atoms with Gasteiger partial charge in [0.25, 0.3) is 0 Å². The summed E-state index contributed by atoms with van der Waals surface area (Å²) >= 11 is 3.49. The minimum Gasteiger partial charge on any atom is -0.362 e. The smallest absolute Gasteiger partial charge is 0.182 e. The molecule has 0 unspecified atom stereocenters. The average molecular weight is 267 g/mol.